The molecule has 4 aliphatic carbocycles. The van der Waals surface area contributed by atoms with Crippen LogP contribution in [0.3, 0.4) is 0 Å². The van der Waals surface area contributed by atoms with E-state index in [9.17, 15) is 9.59 Å². The highest BCUT2D eigenvalue weighted by atomic mass is 32.2. The Balaban J connectivity index is 1.48. The van der Waals surface area contributed by atoms with E-state index in [0.717, 1.165) is 37.9 Å². The van der Waals surface area contributed by atoms with E-state index in [0.29, 0.717) is 80.3 Å². The van der Waals surface area contributed by atoms with Gasteiger partial charge in [0, 0.05) is 31.1 Å². The van der Waals surface area contributed by atoms with Crippen molar-refractivity contribution in [3.05, 3.63) is 38.0 Å². The van der Waals surface area contributed by atoms with E-state index in [1.165, 1.54) is 26.2 Å². The quantitative estimate of drug-likeness (QED) is 0.0944. The molecule has 0 bridgehead atoms. The summed E-state index contributed by atoms with van der Waals surface area (Å²) in [5.74, 6) is 4.47. The lowest BCUT2D eigenvalue weighted by atomic mass is 9.43. The molecule has 4 unspecified atom stereocenters. The van der Waals surface area contributed by atoms with Crippen LogP contribution in [-0.2, 0) is 23.8 Å². The number of carbonyl (C=O) groups is 2. The third-order valence-corrected chi connectivity index (χ3v) is 13.4. The first-order valence-corrected chi connectivity index (χ1v) is 19.0. The van der Waals surface area contributed by atoms with Crippen molar-refractivity contribution in [1.29, 1.82) is 0 Å². The lowest BCUT2D eigenvalue weighted by molar-refractivity contribution is -0.223. The summed E-state index contributed by atoms with van der Waals surface area (Å²) in [4.78, 5) is 23.8. The topological polar surface area (TPSA) is 85.9 Å². The normalized spacial score (nSPS) is 37.2. The zero-order valence-corrected chi connectivity index (χ0v) is 29.9. The molecule has 4 saturated carbocycles. The molecule has 0 aromatic carbocycles. The second kappa shape index (κ2) is 17.2. The molecule has 8 heteroatoms. The van der Waals surface area contributed by atoms with Crippen molar-refractivity contribution < 1.29 is 23.8 Å². The SMILES string of the molecule is C=CCOC1CC2C[C@H](OCC=C)CC[C@]2(C)C2C[C@H](OCC=C)[C@]3(C)[C@@H]([C@H](C)CCC(=O)NCCSCNC(C)=O)CC[C@H]3C12. The van der Waals surface area contributed by atoms with Crippen molar-refractivity contribution in [3.63, 3.8) is 0 Å². The molecule has 0 saturated heterocycles. The van der Waals surface area contributed by atoms with Gasteiger partial charge in [-0.3, -0.25) is 9.59 Å². The Morgan fingerprint density at radius 1 is 0.935 bits per heavy atom. The second-order valence-electron chi connectivity index (χ2n) is 15.0. The monoisotopic (exact) mass is 658 g/mol. The predicted molar refractivity (Wildman–Crippen MR) is 188 cm³/mol. The summed E-state index contributed by atoms with van der Waals surface area (Å²) in [5.41, 5.74) is 0.260. The van der Waals surface area contributed by atoms with Crippen LogP contribution < -0.4 is 10.6 Å². The number of fused-ring (bicyclic) bond motifs is 5. The molecule has 7 nitrogen and oxygen atoms in total. The fourth-order valence-corrected chi connectivity index (χ4v) is 11.0. The Morgan fingerprint density at radius 2 is 1.65 bits per heavy atom. The first-order chi connectivity index (χ1) is 22.1. The predicted octanol–water partition coefficient (Wildman–Crippen LogP) is 6.94. The second-order valence-corrected chi connectivity index (χ2v) is 16.1. The highest BCUT2D eigenvalue weighted by molar-refractivity contribution is 7.99. The van der Waals surface area contributed by atoms with Crippen LogP contribution >= 0.6 is 11.8 Å². The van der Waals surface area contributed by atoms with Crippen LogP contribution in [-0.4, -0.2) is 68.1 Å². The molecule has 4 aliphatic rings. The average Bonchev–Trinajstić information content (AvgIpc) is 3.40. The maximum absolute atomic E-state index is 12.8. The molecule has 0 aliphatic heterocycles. The number of amides is 2. The number of hydrogen-bond acceptors (Lipinski definition) is 6. The van der Waals surface area contributed by atoms with Crippen LogP contribution in [0.25, 0.3) is 0 Å². The van der Waals surface area contributed by atoms with Crippen LogP contribution in [0, 0.1) is 46.3 Å². The molecule has 0 heterocycles. The molecule has 46 heavy (non-hydrogen) atoms. The van der Waals surface area contributed by atoms with Gasteiger partial charge in [-0.25, -0.2) is 0 Å². The summed E-state index contributed by atoms with van der Waals surface area (Å²) in [6.45, 7) is 23.2. The van der Waals surface area contributed by atoms with Crippen molar-refractivity contribution in [1.82, 2.24) is 10.6 Å². The van der Waals surface area contributed by atoms with E-state index >= 15 is 0 Å². The number of ether oxygens (including phenoxy) is 3. The Morgan fingerprint density at radius 3 is 2.37 bits per heavy atom. The van der Waals surface area contributed by atoms with Gasteiger partial charge in [-0.05, 0) is 92.3 Å². The number of thioether (sulfide) groups is 1. The van der Waals surface area contributed by atoms with Gasteiger partial charge in [0.25, 0.3) is 0 Å². The summed E-state index contributed by atoms with van der Waals surface area (Å²) in [7, 11) is 0. The van der Waals surface area contributed by atoms with Crippen LogP contribution in [0.4, 0.5) is 0 Å². The fourth-order valence-electron chi connectivity index (χ4n) is 10.4. The van der Waals surface area contributed by atoms with Gasteiger partial charge < -0.3 is 24.8 Å². The molecule has 4 fully saturated rings. The third-order valence-electron chi connectivity index (χ3n) is 12.6. The number of carbonyl (C=O) groups excluding carboxylic acids is 2. The highest BCUT2D eigenvalue weighted by Gasteiger charge is 2.66. The van der Waals surface area contributed by atoms with Gasteiger partial charge in [0.1, 0.15) is 0 Å². The largest absolute Gasteiger partial charge is 0.374 e. The molecule has 0 spiro atoms. The van der Waals surface area contributed by atoms with Gasteiger partial charge in [-0.2, -0.15) is 0 Å². The highest BCUT2D eigenvalue weighted by Crippen LogP contribution is 2.69. The lowest BCUT2D eigenvalue weighted by Crippen LogP contribution is -2.63. The summed E-state index contributed by atoms with van der Waals surface area (Å²) in [5, 5.41) is 5.86. The molecule has 2 amide bonds. The minimum absolute atomic E-state index is 0.0175. The maximum Gasteiger partial charge on any atom is 0.220 e. The van der Waals surface area contributed by atoms with Crippen molar-refractivity contribution >= 4 is 23.6 Å². The van der Waals surface area contributed by atoms with Crippen molar-refractivity contribution in [2.45, 2.75) is 104 Å². The molecule has 260 valence electrons. The van der Waals surface area contributed by atoms with E-state index < -0.39 is 0 Å². The van der Waals surface area contributed by atoms with Gasteiger partial charge in [-0.1, -0.05) is 39.0 Å². The minimum Gasteiger partial charge on any atom is -0.374 e. The summed E-state index contributed by atoms with van der Waals surface area (Å²) in [6, 6.07) is 0. The van der Waals surface area contributed by atoms with Crippen LogP contribution in [0.2, 0.25) is 0 Å². The summed E-state index contributed by atoms with van der Waals surface area (Å²) >= 11 is 1.62. The number of rotatable bonds is 18. The first-order valence-electron chi connectivity index (χ1n) is 17.9. The molecular formula is C38H62N2O5S. The van der Waals surface area contributed by atoms with Gasteiger partial charge in [0.2, 0.25) is 11.8 Å². The van der Waals surface area contributed by atoms with E-state index in [1.54, 1.807) is 11.8 Å². The van der Waals surface area contributed by atoms with Gasteiger partial charge in [-0.15, -0.1) is 31.5 Å². The van der Waals surface area contributed by atoms with E-state index in [-0.39, 0.29) is 34.9 Å². The smallest absolute Gasteiger partial charge is 0.220 e. The van der Waals surface area contributed by atoms with Crippen molar-refractivity contribution in [3.8, 4) is 0 Å². The van der Waals surface area contributed by atoms with E-state index in [4.69, 9.17) is 14.2 Å². The van der Waals surface area contributed by atoms with E-state index in [1.807, 2.05) is 18.2 Å². The van der Waals surface area contributed by atoms with Crippen LogP contribution in [0.5, 0.6) is 0 Å². The minimum atomic E-state index is -0.0298. The lowest BCUT2D eigenvalue weighted by Gasteiger charge is -2.64. The molecule has 2 N–H and O–H groups in total. The molecule has 0 radical (unpaired) electrons. The molecule has 4 rings (SSSR count). The van der Waals surface area contributed by atoms with Gasteiger partial charge in [0.15, 0.2) is 0 Å². The molecule has 0 aromatic heterocycles. The Kier molecular flexibility index (Phi) is 13.9. The molecular weight excluding hydrogens is 596 g/mol. The summed E-state index contributed by atoms with van der Waals surface area (Å²) in [6.07, 6.45) is 15.7. The maximum atomic E-state index is 12.8. The first kappa shape index (κ1) is 37.2. The van der Waals surface area contributed by atoms with Gasteiger partial charge >= 0.3 is 0 Å². The Labute approximate surface area is 283 Å². The third kappa shape index (κ3) is 8.33. The van der Waals surface area contributed by atoms with Gasteiger partial charge in [0.05, 0.1) is 44.0 Å². The fraction of sp³-hybridized carbons (Fsp3) is 0.789. The average molecular weight is 659 g/mol. The Hall–Kier alpha value is -1.61. The van der Waals surface area contributed by atoms with Crippen LogP contribution in [0.1, 0.15) is 85.5 Å². The van der Waals surface area contributed by atoms with Crippen molar-refractivity contribution in [2.75, 3.05) is 38.0 Å². The molecule has 0 aromatic rings. The number of hydrogen-bond donors (Lipinski definition) is 2. The standard InChI is InChI=1S/C38H62N2O5S/c1-8-18-43-29-15-16-37(6)28(22-29)23-33(44-19-9-2)36-31-13-12-30(38(31,7)34(24-32(36)37)45-20-10-3)26(4)11-14-35(42)39-17-21-46-25-40-27(5)41/h8-10,26,28-34,36H,1-3,11-25H2,4-7H3,(H,39,42)(H,40,41)/t26-,28?,29-,30-,31+,32?,33?,34+,36?,37+,38-/m1/s1. The van der Waals surface area contributed by atoms with E-state index in [2.05, 4.69) is 51.1 Å². The number of nitrogens with one attached hydrogen (secondary N) is 2. The van der Waals surface area contributed by atoms with Crippen molar-refractivity contribution in [2.24, 2.45) is 46.3 Å². The Bertz CT molecular complexity index is 1050. The van der Waals surface area contributed by atoms with Crippen LogP contribution in [0.15, 0.2) is 38.0 Å². The zero-order valence-electron chi connectivity index (χ0n) is 29.1. The zero-order chi connectivity index (χ0) is 33.3. The summed E-state index contributed by atoms with van der Waals surface area (Å²) < 4.78 is 19.7. The molecule has 11 atom stereocenters.